The number of urea groups is 1. The van der Waals surface area contributed by atoms with Crippen molar-refractivity contribution in [3.8, 4) is 11.1 Å². The SMILES string of the molecule is Cc1ccc(-c2ccnn(C)c2=O)cc1CC(=O)C1=CN(C)C(=O)N[C@H]1c1ccccc1. The predicted molar refractivity (Wildman–Crippen MR) is 122 cm³/mol. The van der Waals surface area contributed by atoms with E-state index in [9.17, 15) is 14.4 Å². The van der Waals surface area contributed by atoms with Gasteiger partial charge in [-0.15, -0.1) is 0 Å². The first-order chi connectivity index (χ1) is 15.3. The molecule has 0 saturated heterocycles. The van der Waals surface area contributed by atoms with E-state index in [-0.39, 0.29) is 23.8 Å². The number of Topliss-reactive ketones (excluding diaryl/α,β-unsaturated/α-hetero) is 1. The van der Waals surface area contributed by atoms with Gasteiger partial charge >= 0.3 is 6.03 Å². The molecule has 1 N–H and O–H groups in total. The summed E-state index contributed by atoms with van der Waals surface area (Å²) in [6.07, 6.45) is 3.35. The molecule has 1 aliphatic rings. The van der Waals surface area contributed by atoms with Gasteiger partial charge in [0.15, 0.2) is 5.78 Å². The van der Waals surface area contributed by atoms with E-state index in [1.165, 1.54) is 9.58 Å². The number of ketones is 1. The van der Waals surface area contributed by atoms with Gasteiger partial charge in [-0.25, -0.2) is 9.48 Å². The van der Waals surface area contributed by atoms with Crippen molar-refractivity contribution < 1.29 is 9.59 Å². The molecule has 4 rings (SSSR count). The predicted octanol–water partition coefficient (Wildman–Crippen LogP) is 3.15. The number of amides is 2. The Labute approximate surface area is 186 Å². The van der Waals surface area contributed by atoms with E-state index in [0.29, 0.717) is 11.1 Å². The zero-order chi connectivity index (χ0) is 22.8. The summed E-state index contributed by atoms with van der Waals surface area (Å²) in [5, 5.41) is 6.88. The molecule has 0 bridgehead atoms. The highest BCUT2D eigenvalue weighted by molar-refractivity contribution is 6.00. The standard InChI is InChI=1S/C25H24N4O3/c1-16-9-10-18(20-11-12-26-29(3)24(20)31)13-19(16)14-22(30)21-15-28(2)25(32)27-23(21)17-7-5-4-6-8-17/h4-13,15,23H,14H2,1-3H3,(H,27,32)/t23-/m0/s1. The lowest BCUT2D eigenvalue weighted by Gasteiger charge is -2.30. The van der Waals surface area contributed by atoms with Crippen molar-refractivity contribution in [3.63, 3.8) is 0 Å². The number of hydrogen-bond acceptors (Lipinski definition) is 4. The van der Waals surface area contributed by atoms with Crippen LogP contribution in [0.1, 0.15) is 22.7 Å². The number of carbonyl (C=O) groups excluding carboxylic acids is 2. The second-order valence-corrected chi connectivity index (χ2v) is 7.90. The molecule has 1 atom stereocenters. The molecule has 7 heteroatoms. The number of benzene rings is 2. The quantitative estimate of drug-likeness (QED) is 0.677. The number of hydrogen-bond donors (Lipinski definition) is 1. The van der Waals surface area contributed by atoms with Gasteiger partial charge in [-0.1, -0.05) is 48.5 Å². The van der Waals surface area contributed by atoms with Crippen LogP contribution in [0.5, 0.6) is 0 Å². The maximum absolute atomic E-state index is 13.4. The van der Waals surface area contributed by atoms with Crippen LogP contribution in [0, 0.1) is 6.92 Å². The molecule has 32 heavy (non-hydrogen) atoms. The molecule has 0 fully saturated rings. The number of rotatable bonds is 5. The first-order valence-corrected chi connectivity index (χ1v) is 10.3. The fourth-order valence-electron chi connectivity index (χ4n) is 3.82. The van der Waals surface area contributed by atoms with E-state index in [2.05, 4.69) is 10.4 Å². The summed E-state index contributed by atoms with van der Waals surface area (Å²) in [4.78, 5) is 39.5. The highest BCUT2D eigenvalue weighted by atomic mass is 16.2. The van der Waals surface area contributed by atoms with Gasteiger partial charge in [0.25, 0.3) is 5.56 Å². The van der Waals surface area contributed by atoms with E-state index in [1.807, 2.05) is 55.5 Å². The summed E-state index contributed by atoms with van der Waals surface area (Å²) in [6, 6.07) is 16.0. The Hall–Kier alpha value is -4.00. The molecule has 1 aromatic heterocycles. The van der Waals surface area contributed by atoms with Crippen LogP contribution in [0.2, 0.25) is 0 Å². The normalized spacial score (nSPS) is 15.8. The maximum atomic E-state index is 13.4. The van der Waals surface area contributed by atoms with Gasteiger partial charge in [-0.2, -0.15) is 5.10 Å². The number of aromatic nitrogens is 2. The highest BCUT2D eigenvalue weighted by Crippen LogP contribution is 2.28. The minimum atomic E-state index is -0.511. The average Bonchev–Trinajstić information content (AvgIpc) is 2.79. The molecule has 0 radical (unpaired) electrons. The summed E-state index contributed by atoms with van der Waals surface area (Å²) in [7, 11) is 3.23. The van der Waals surface area contributed by atoms with Gasteiger partial charge in [0, 0.05) is 38.5 Å². The van der Waals surface area contributed by atoms with E-state index in [4.69, 9.17) is 0 Å². The lowest BCUT2D eigenvalue weighted by atomic mass is 9.90. The Morgan fingerprint density at radius 3 is 2.56 bits per heavy atom. The molecule has 0 unspecified atom stereocenters. The molecule has 162 valence electrons. The Balaban J connectivity index is 1.68. The van der Waals surface area contributed by atoms with Crippen molar-refractivity contribution in [2.75, 3.05) is 7.05 Å². The molecular weight excluding hydrogens is 404 g/mol. The molecule has 1 aliphatic heterocycles. The van der Waals surface area contributed by atoms with Gasteiger partial charge in [0.2, 0.25) is 0 Å². The third-order valence-electron chi connectivity index (χ3n) is 5.70. The Kier molecular flexibility index (Phi) is 5.73. The first kappa shape index (κ1) is 21.2. The number of nitrogens with one attached hydrogen (secondary N) is 1. The summed E-state index contributed by atoms with van der Waals surface area (Å²) >= 11 is 0. The van der Waals surface area contributed by atoms with E-state index >= 15 is 0 Å². The van der Waals surface area contributed by atoms with Crippen LogP contribution in [0.15, 0.2) is 77.4 Å². The van der Waals surface area contributed by atoms with Gasteiger partial charge in [-0.05, 0) is 35.2 Å². The molecule has 2 aromatic carbocycles. The monoisotopic (exact) mass is 428 g/mol. The van der Waals surface area contributed by atoms with Crippen molar-refractivity contribution >= 4 is 11.8 Å². The van der Waals surface area contributed by atoms with Crippen LogP contribution in [-0.2, 0) is 18.3 Å². The summed E-state index contributed by atoms with van der Waals surface area (Å²) in [5.74, 6) is -0.0893. The van der Waals surface area contributed by atoms with Crippen molar-refractivity contribution in [2.45, 2.75) is 19.4 Å². The van der Waals surface area contributed by atoms with Crippen LogP contribution in [0.4, 0.5) is 4.79 Å². The van der Waals surface area contributed by atoms with Gasteiger partial charge in [0.05, 0.1) is 11.6 Å². The molecule has 2 amide bonds. The van der Waals surface area contributed by atoms with Crippen LogP contribution >= 0.6 is 0 Å². The van der Waals surface area contributed by atoms with E-state index in [0.717, 1.165) is 22.3 Å². The lowest BCUT2D eigenvalue weighted by molar-refractivity contribution is -0.115. The fourth-order valence-corrected chi connectivity index (χ4v) is 3.82. The molecule has 2 heterocycles. The van der Waals surface area contributed by atoms with Crippen LogP contribution in [0.25, 0.3) is 11.1 Å². The second-order valence-electron chi connectivity index (χ2n) is 7.90. The summed E-state index contributed by atoms with van der Waals surface area (Å²) < 4.78 is 1.29. The maximum Gasteiger partial charge on any atom is 0.321 e. The lowest BCUT2D eigenvalue weighted by Crippen LogP contribution is -2.43. The largest absolute Gasteiger partial charge is 0.327 e. The smallest absolute Gasteiger partial charge is 0.321 e. The number of carbonyl (C=O) groups is 2. The van der Waals surface area contributed by atoms with E-state index < -0.39 is 6.04 Å². The minimum Gasteiger partial charge on any atom is -0.327 e. The highest BCUT2D eigenvalue weighted by Gasteiger charge is 2.30. The number of nitrogens with zero attached hydrogens (tertiary/aromatic N) is 3. The van der Waals surface area contributed by atoms with Crippen molar-refractivity contribution in [3.05, 3.63) is 99.6 Å². The second kappa shape index (κ2) is 8.63. The van der Waals surface area contributed by atoms with Gasteiger partial charge < -0.3 is 10.2 Å². The third-order valence-corrected chi connectivity index (χ3v) is 5.70. The molecular formula is C25H24N4O3. The van der Waals surface area contributed by atoms with Crippen molar-refractivity contribution in [2.24, 2.45) is 7.05 Å². The fraction of sp³-hybridized carbons (Fsp3) is 0.200. The van der Waals surface area contributed by atoms with Crippen molar-refractivity contribution in [1.29, 1.82) is 0 Å². The van der Waals surface area contributed by atoms with Crippen molar-refractivity contribution in [1.82, 2.24) is 20.0 Å². The summed E-state index contributed by atoms with van der Waals surface area (Å²) in [5.41, 5.74) is 4.22. The minimum absolute atomic E-state index is 0.0893. The molecule has 7 nitrogen and oxygen atoms in total. The molecule has 0 spiro atoms. The molecule has 3 aromatic rings. The van der Waals surface area contributed by atoms with Crippen LogP contribution < -0.4 is 10.9 Å². The Morgan fingerprint density at radius 1 is 1.06 bits per heavy atom. The Bertz CT molecular complexity index is 1280. The zero-order valence-electron chi connectivity index (χ0n) is 18.2. The molecule has 0 aliphatic carbocycles. The average molecular weight is 428 g/mol. The number of aryl methyl sites for hydroxylation is 2. The van der Waals surface area contributed by atoms with E-state index in [1.54, 1.807) is 32.6 Å². The van der Waals surface area contributed by atoms with Gasteiger partial charge in [0.1, 0.15) is 0 Å². The zero-order valence-corrected chi connectivity index (χ0v) is 18.2. The first-order valence-electron chi connectivity index (χ1n) is 10.3. The van der Waals surface area contributed by atoms with Gasteiger partial charge in [-0.3, -0.25) is 9.59 Å². The van der Waals surface area contributed by atoms with Crippen LogP contribution in [0.3, 0.4) is 0 Å². The molecule has 0 saturated carbocycles. The Morgan fingerprint density at radius 2 is 1.81 bits per heavy atom. The summed E-state index contributed by atoms with van der Waals surface area (Å²) in [6.45, 7) is 1.94. The van der Waals surface area contributed by atoms with Crippen LogP contribution in [-0.4, -0.2) is 33.5 Å². The topological polar surface area (TPSA) is 84.3 Å². The third kappa shape index (κ3) is 4.09.